The Bertz CT molecular complexity index is 1010. The number of rotatable bonds is 5. The molecule has 6 rings (SSSR count). The number of carbonyl (C=O) groups is 2. The number of halogens is 1. The Hall–Kier alpha value is -2.92. The highest BCUT2D eigenvalue weighted by molar-refractivity contribution is 6.30. The van der Waals surface area contributed by atoms with Crippen molar-refractivity contribution in [2.75, 3.05) is 0 Å². The number of ether oxygens (including phenoxy) is 1. The lowest BCUT2D eigenvalue weighted by Gasteiger charge is -2.37. The second-order valence-corrected chi connectivity index (χ2v) is 8.46. The van der Waals surface area contributed by atoms with Gasteiger partial charge in [0.2, 0.25) is 0 Å². The maximum atomic E-state index is 12.9. The van der Waals surface area contributed by atoms with Gasteiger partial charge in [0.05, 0.1) is 18.1 Å². The highest BCUT2D eigenvalue weighted by Gasteiger charge is 2.56. The molecule has 5 nitrogen and oxygen atoms in total. The summed E-state index contributed by atoms with van der Waals surface area (Å²) in [5.74, 6) is 0.0806. The molecule has 2 amide bonds. The quantitative estimate of drug-likeness (QED) is 0.408. The van der Waals surface area contributed by atoms with Crippen molar-refractivity contribution in [2.45, 2.75) is 19.4 Å². The summed E-state index contributed by atoms with van der Waals surface area (Å²) < 4.78 is 5.94. The first kappa shape index (κ1) is 19.1. The van der Waals surface area contributed by atoms with Crippen molar-refractivity contribution in [3.8, 4) is 5.75 Å². The van der Waals surface area contributed by atoms with Crippen molar-refractivity contribution in [3.63, 3.8) is 0 Å². The van der Waals surface area contributed by atoms with Crippen molar-refractivity contribution in [1.29, 1.82) is 0 Å². The third kappa shape index (κ3) is 3.33. The first-order chi connectivity index (χ1) is 14.6. The topological polar surface area (TPSA) is 59.0 Å². The second kappa shape index (κ2) is 7.73. The maximum absolute atomic E-state index is 12.9. The van der Waals surface area contributed by atoms with Gasteiger partial charge in [0.25, 0.3) is 11.8 Å². The van der Waals surface area contributed by atoms with Crippen LogP contribution in [0.1, 0.15) is 24.0 Å². The number of hydrogen-bond acceptors (Lipinski definition) is 4. The number of hydrogen-bond donors (Lipinski definition) is 0. The fourth-order valence-electron chi connectivity index (χ4n) is 4.75. The average Bonchev–Trinajstić information content (AvgIpc) is 3.05. The molecule has 0 spiro atoms. The van der Waals surface area contributed by atoms with E-state index in [1.165, 1.54) is 0 Å². The van der Waals surface area contributed by atoms with Crippen LogP contribution in [0.15, 0.2) is 65.8 Å². The third-order valence-electron chi connectivity index (χ3n) is 6.27. The summed E-state index contributed by atoms with van der Waals surface area (Å²) in [6, 6.07) is 14.9. The zero-order valence-electron chi connectivity index (χ0n) is 16.3. The lowest BCUT2D eigenvalue weighted by atomic mass is 9.63. The first-order valence-corrected chi connectivity index (χ1v) is 10.6. The molecule has 2 aromatic carbocycles. The summed E-state index contributed by atoms with van der Waals surface area (Å²) in [7, 11) is 0. The Labute approximate surface area is 180 Å². The summed E-state index contributed by atoms with van der Waals surface area (Å²) >= 11 is 5.93. The molecule has 6 heteroatoms. The molecule has 2 bridgehead atoms. The number of hydrazone groups is 1. The predicted octanol–water partition coefficient (Wildman–Crippen LogP) is 4.45. The Morgan fingerprint density at radius 3 is 2.23 bits per heavy atom. The Kier molecular flexibility index (Phi) is 4.91. The third-order valence-corrected chi connectivity index (χ3v) is 6.53. The number of nitrogens with zero attached hydrogens (tertiary/aromatic N) is 2. The summed E-state index contributed by atoms with van der Waals surface area (Å²) in [5, 5.41) is 6.04. The summed E-state index contributed by atoms with van der Waals surface area (Å²) in [6.45, 7) is 0.378. The Balaban J connectivity index is 1.33. The van der Waals surface area contributed by atoms with Crippen LogP contribution in [-0.2, 0) is 16.2 Å². The molecule has 1 aliphatic heterocycles. The van der Waals surface area contributed by atoms with E-state index in [9.17, 15) is 9.59 Å². The SMILES string of the molecule is O=C1[C@H]2[C@H](C(=O)N1/N=C\c1ccccc1OCc1ccc(Cl)cc1)[C@H]1C=C[C@H]2CC1. The van der Waals surface area contributed by atoms with Crippen LogP contribution in [0, 0.1) is 23.7 Å². The highest BCUT2D eigenvalue weighted by Crippen LogP contribution is 2.49. The van der Waals surface area contributed by atoms with Crippen LogP contribution < -0.4 is 4.74 Å². The minimum Gasteiger partial charge on any atom is -0.488 e. The van der Waals surface area contributed by atoms with Gasteiger partial charge in [-0.2, -0.15) is 10.1 Å². The molecule has 2 fully saturated rings. The predicted molar refractivity (Wildman–Crippen MR) is 114 cm³/mol. The van der Waals surface area contributed by atoms with E-state index < -0.39 is 0 Å². The van der Waals surface area contributed by atoms with Crippen LogP contribution in [0.3, 0.4) is 0 Å². The van der Waals surface area contributed by atoms with Crippen LogP contribution in [0.4, 0.5) is 0 Å². The molecule has 4 atom stereocenters. The summed E-state index contributed by atoms with van der Waals surface area (Å²) in [5.41, 5.74) is 1.70. The van der Waals surface area contributed by atoms with Gasteiger partial charge in [-0.05, 0) is 54.5 Å². The molecule has 0 aromatic heterocycles. The molecule has 0 radical (unpaired) electrons. The average molecular weight is 421 g/mol. The van der Waals surface area contributed by atoms with Crippen molar-refractivity contribution in [1.82, 2.24) is 5.01 Å². The van der Waals surface area contributed by atoms with E-state index in [0.29, 0.717) is 22.9 Å². The minimum absolute atomic E-state index is 0.159. The van der Waals surface area contributed by atoms with E-state index in [-0.39, 0.29) is 35.5 Å². The van der Waals surface area contributed by atoms with Gasteiger partial charge in [-0.3, -0.25) is 9.59 Å². The molecular formula is C24H21ClN2O3. The van der Waals surface area contributed by atoms with E-state index in [0.717, 1.165) is 23.4 Å². The summed E-state index contributed by atoms with van der Waals surface area (Å²) in [6.07, 6.45) is 7.70. The van der Waals surface area contributed by atoms with Gasteiger partial charge in [-0.15, -0.1) is 0 Å². The molecule has 1 saturated carbocycles. The van der Waals surface area contributed by atoms with Crippen LogP contribution in [-0.4, -0.2) is 23.0 Å². The number of amides is 2. The van der Waals surface area contributed by atoms with Crippen molar-refractivity contribution < 1.29 is 14.3 Å². The molecule has 152 valence electrons. The van der Waals surface area contributed by atoms with Crippen molar-refractivity contribution in [2.24, 2.45) is 28.8 Å². The molecule has 0 N–H and O–H groups in total. The Morgan fingerprint density at radius 2 is 1.60 bits per heavy atom. The van der Waals surface area contributed by atoms with E-state index in [4.69, 9.17) is 16.3 Å². The van der Waals surface area contributed by atoms with Gasteiger partial charge in [-0.25, -0.2) is 0 Å². The van der Waals surface area contributed by atoms with Gasteiger partial charge in [0.15, 0.2) is 0 Å². The van der Waals surface area contributed by atoms with Gasteiger partial charge in [0, 0.05) is 10.6 Å². The van der Waals surface area contributed by atoms with Crippen LogP contribution >= 0.6 is 11.6 Å². The standard InChI is InChI=1S/C24H21ClN2O3/c25-19-11-5-15(6-12-19)14-30-20-4-2-1-3-18(20)13-26-27-23(28)21-16-7-8-17(10-9-16)22(21)24(27)29/h1-8,11-13,16-17,21-22H,9-10,14H2/b26-13-/t16-,17-,21+,22+/m0/s1. The second-order valence-electron chi connectivity index (χ2n) is 8.03. The zero-order valence-corrected chi connectivity index (χ0v) is 17.0. The summed E-state index contributed by atoms with van der Waals surface area (Å²) in [4.78, 5) is 25.8. The number of fused-ring (bicyclic) bond motifs is 1. The van der Waals surface area contributed by atoms with E-state index >= 15 is 0 Å². The van der Waals surface area contributed by atoms with Crippen LogP contribution in [0.2, 0.25) is 5.02 Å². The fourth-order valence-corrected chi connectivity index (χ4v) is 4.88. The first-order valence-electron chi connectivity index (χ1n) is 10.2. The monoisotopic (exact) mass is 420 g/mol. The van der Waals surface area contributed by atoms with Crippen molar-refractivity contribution >= 4 is 29.6 Å². The highest BCUT2D eigenvalue weighted by atomic mass is 35.5. The van der Waals surface area contributed by atoms with E-state index in [1.807, 2.05) is 48.5 Å². The number of para-hydroxylation sites is 1. The van der Waals surface area contributed by atoms with Gasteiger partial charge < -0.3 is 4.74 Å². The number of carbonyl (C=O) groups excluding carboxylic acids is 2. The molecule has 3 aliphatic carbocycles. The molecule has 1 heterocycles. The normalized spacial score (nSPS) is 27.2. The maximum Gasteiger partial charge on any atom is 0.254 e. The van der Waals surface area contributed by atoms with Gasteiger partial charge in [-0.1, -0.05) is 48.0 Å². The molecule has 1 saturated heterocycles. The smallest absolute Gasteiger partial charge is 0.254 e. The number of benzene rings is 2. The number of allylic oxidation sites excluding steroid dienone is 2. The van der Waals surface area contributed by atoms with Crippen molar-refractivity contribution in [3.05, 3.63) is 76.8 Å². The lowest BCUT2D eigenvalue weighted by molar-refractivity contribution is -0.140. The fraction of sp³-hybridized carbons (Fsp3) is 0.292. The van der Waals surface area contributed by atoms with E-state index in [2.05, 4.69) is 17.3 Å². The molecule has 0 unspecified atom stereocenters. The van der Waals surface area contributed by atoms with Crippen LogP contribution in [0.5, 0.6) is 5.75 Å². The molecule has 4 aliphatic rings. The zero-order chi connectivity index (χ0) is 20.7. The van der Waals surface area contributed by atoms with E-state index in [1.54, 1.807) is 6.21 Å². The largest absolute Gasteiger partial charge is 0.488 e. The molecule has 2 aromatic rings. The number of imide groups is 1. The Morgan fingerprint density at radius 1 is 0.967 bits per heavy atom. The minimum atomic E-state index is -0.255. The molecular weight excluding hydrogens is 400 g/mol. The van der Waals surface area contributed by atoms with Gasteiger partial charge >= 0.3 is 0 Å². The molecule has 30 heavy (non-hydrogen) atoms. The lowest BCUT2D eigenvalue weighted by Crippen LogP contribution is -2.38. The van der Waals surface area contributed by atoms with Gasteiger partial charge in [0.1, 0.15) is 12.4 Å². The van der Waals surface area contributed by atoms with Crippen LogP contribution in [0.25, 0.3) is 0 Å².